The summed E-state index contributed by atoms with van der Waals surface area (Å²) >= 11 is 0. The third-order valence-electron chi connectivity index (χ3n) is 7.77. The van der Waals surface area contributed by atoms with E-state index in [1.54, 1.807) is 48.5 Å². The van der Waals surface area contributed by atoms with E-state index < -0.39 is 72.6 Å². The molecule has 11 unspecified atom stereocenters. The van der Waals surface area contributed by atoms with Crippen LogP contribution < -0.4 is 0 Å². The van der Waals surface area contributed by atoms with Crippen LogP contribution in [0.1, 0.15) is 61.8 Å². The number of hydrogen-bond acceptors (Lipinski definition) is 18. The molecule has 0 spiro atoms. The number of rotatable bonds is 41. The molecule has 0 aromatic carbocycles. The Hall–Kier alpha value is -0.720. The molecule has 0 aliphatic heterocycles. The minimum absolute atomic E-state index is 0.0555. The van der Waals surface area contributed by atoms with Crippen LogP contribution in [0.4, 0.5) is 0 Å². The van der Waals surface area contributed by atoms with Gasteiger partial charge in [0.25, 0.3) is 0 Å². The van der Waals surface area contributed by atoms with Crippen LogP contribution >= 0.6 is 0 Å². The first-order valence-electron chi connectivity index (χ1n) is 20.2. The fourth-order valence-electron chi connectivity index (χ4n) is 4.78. The Morgan fingerprint density at radius 2 is 0.509 bits per heavy atom. The lowest BCUT2D eigenvalue weighted by atomic mass is 9.88. The van der Waals surface area contributed by atoms with Crippen LogP contribution in [0.2, 0.25) is 0 Å². The molecule has 0 aromatic rings. The quantitative estimate of drug-likeness (QED) is 0.0418. The van der Waals surface area contributed by atoms with E-state index in [9.17, 15) is 35.7 Å². The van der Waals surface area contributed by atoms with Gasteiger partial charge in [0.15, 0.2) is 0 Å². The molecule has 344 valence electrons. The van der Waals surface area contributed by atoms with Crippen molar-refractivity contribution in [3.8, 4) is 0 Å². The third kappa shape index (κ3) is 34.7. The Balaban J connectivity index is 5.98. The molecule has 0 radical (unpaired) electrons. The second-order valence-corrected chi connectivity index (χ2v) is 15.3. The molecule has 11 atom stereocenters. The van der Waals surface area contributed by atoms with E-state index in [0.29, 0.717) is 6.42 Å². The summed E-state index contributed by atoms with van der Waals surface area (Å²) < 4.78 is 64.8. The van der Waals surface area contributed by atoms with Crippen LogP contribution in [0.25, 0.3) is 0 Å². The van der Waals surface area contributed by atoms with E-state index in [2.05, 4.69) is 0 Å². The molecule has 0 aliphatic carbocycles. The van der Waals surface area contributed by atoms with E-state index in [0.717, 1.165) is 0 Å². The summed E-state index contributed by atoms with van der Waals surface area (Å²) in [6, 6.07) is 0. The van der Waals surface area contributed by atoms with Gasteiger partial charge in [-0.1, -0.05) is 6.92 Å². The monoisotopic (exact) mass is 837 g/mol. The summed E-state index contributed by atoms with van der Waals surface area (Å²) in [5.41, 5.74) is -0.701. The number of hydrogen-bond donors (Lipinski definition) is 7. The van der Waals surface area contributed by atoms with Crippen LogP contribution in [0, 0.1) is 5.41 Å². The highest BCUT2D eigenvalue weighted by molar-refractivity contribution is 4.79. The molecule has 0 heterocycles. The van der Waals surface area contributed by atoms with E-state index in [1.807, 2.05) is 6.92 Å². The molecule has 0 fully saturated rings. The van der Waals surface area contributed by atoms with Crippen LogP contribution in [-0.2, 0) is 52.1 Å². The van der Waals surface area contributed by atoms with Crippen molar-refractivity contribution in [1.82, 2.24) is 0 Å². The van der Waals surface area contributed by atoms with Gasteiger partial charge in [0.1, 0.15) is 24.4 Å². The molecular formula is C39H80O18. The van der Waals surface area contributed by atoms with Crippen LogP contribution in [0.5, 0.6) is 0 Å². The topological polar surface area (TPSA) is 243 Å². The number of ether oxygens (including phenoxy) is 11. The first kappa shape index (κ1) is 56.3. The molecule has 0 saturated carbocycles. The molecule has 7 N–H and O–H groups in total. The third-order valence-corrected chi connectivity index (χ3v) is 7.77. The number of aliphatic hydroxyl groups is 7. The van der Waals surface area contributed by atoms with Gasteiger partial charge in [0, 0.05) is 5.41 Å². The van der Waals surface area contributed by atoms with Gasteiger partial charge in [-0.15, -0.1) is 0 Å². The molecule has 0 bridgehead atoms. The largest absolute Gasteiger partial charge is 0.391 e. The van der Waals surface area contributed by atoms with Crippen molar-refractivity contribution in [2.75, 3.05) is 119 Å². The van der Waals surface area contributed by atoms with Crippen molar-refractivity contribution in [2.45, 2.75) is 129 Å². The molecule has 0 aromatic heterocycles. The van der Waals surface area contributed by atoms with Crippen molar-refractivity contribution in [1.29, 1.82) is 0 Å². The Bertz CT molecular complexity index is 842. The van der Waals surface area contributed by atoms with Gasteiger partial charge in [-0.05, 0) is 54.9 Å². The Morgan fingerprint density at radius 3 is 0.737 bits per heavy atom. The maximum Gasteiger partial charge on any atom is 0.104 e. The number of aliphatic hydroxyl groups excluding tert-OH is 7. The van der Waals surface area contributed by atoms with Crippen molar-refractivity contribution in [2.24, 2.45) is 5.41 Å². The highest BCUT2D eigenvalue weighted by atomic mass is 16.6. The highest BCUT2D eigenvalue weighted by Crippen LogP contribution is 2.25. The lowest BCUT2D eigenvalue weighted by Gasteiger charge is -2.34. The maximum absolute atomic E-state index is 9.81. The molecular weight excluding hydrogens is 756 g/mol. The minimum Gasteiger partial charge on any atom is -0.391 e. The minimum atomic E-state index is -0.710. The van der Waals surface area contributed by atoms with Gasteiger partial charge in [0.2, 0.25) is 0 Å². The average molecular weight is 837 g/mol. The van der Waals surface area contributed by atoms with E-state index in [4.69, 9.17) is 52.1 Å². The summed E-state index contributed by atoms with van der Waals surface area (Å²) in [5.74, 6) is 0. The SMILES string of the molecule is CCC(COCC(COCC(C)O)OCC(C)O)(COCC(COCC(C)O)OCC(C)O)COCC(COCC(C)O)OCC(COCC(C)O)OCC(C)O. The van der Waals surface area contributed by atoms with Crippen LogP contribution in [0.3, 0.4) is 0 Å². The molecule has 0 rings (SSSR count). The normalized spacial score (nSPS) is 19.2. The van der Waals surface area contributed by atoms with Gasteiger partial charge in [-0.3, -0.25) is 0 Å². The zero-order valence-corrected chi connectivity index (χ0v) is 35.9. The molecule has 0 amide bonds. The lowest BCUT2D eigenvalue weighted by molar-refractivity contribution is -0.143. The van der Waals surface area contributed by atoms with Gasteiger partial charge in [-0.25, -0.2) is 0 Å². The Morgan fingerprint density at radius 1 is 0.298 bits per heavy atom. The molecule has 57 heavy (non-hydrogen) atoms. The zero-order chi connectivity index (χ0) is 43.1. The first-order chi connectivity index (χ1) is 27.0. The second kappa shape index (κ2) is 34.9. The zero-order valence-electron chi connectivity index (χ0n) is 35.9. The fourth-order valence-corrected chi connectivity index (χ4v) is 4.78. The summed E-state index contributed by atoms with van der Waals surface area (Å²) in [6.45, 7) is 15.2. The summed E-state index contributed by atoms with van der Waals surface area (Å²) in [6.07, 6.45) is -6.45. The lowest BCUT2D eigenvalue weighted by Crippen LogP contribution is -2.41. The second-order valence-electron chi connectivity index (χ2n) is 15.3. The summed E-state index contributed by atoms with van der Waals surface area (Å²) in [7, 11) is 0. The van der Waals surface area contributed by atoms with Gasteiger partial charge < -0.3 is 87.9 Å². The predicted molar refractivity (Wildman–Crippen MR) is 209 cm³/mol. The highest BCUT2D eigenvalue weighted by Gasteiger charge is 2.32. The van der Waals surface area contributed by atoms with E-state index >= 15 is 0 Å². The van der Waals surface area contributed by atoms with E-state index in [1.165, 1.54) is 0 Å². The molecule has 18 nitrogen and oxygen atoms in total. The van der Waals surface area contributed by atoms with Gasteiger partial charge >= 0.3 is 0 Å². The van der Waals surface area contributed by atoms with Crippen molar-refractivity contribution in [3.63, 3.8) is 0 Å². The molecule has 0 aliphatic rings. The standard InChI is InChI=1S/C39H80O18/c1-9-39(25-51-21-35(54-14-32(6)44)17-47-10-28(2)40,26-52-22-36(55-15-33(7)45)18-48-11-29(3)41)27-53-23-37(19-49-12-30(4)42)57-24-38(56-16-34(8)46)20-50-13-31(5)43/h28-38,40-46H,9-27H2,1-8H3. The Kier molecular flexibility index (Phi) is 34.5. The van der Waals surface area contributed by atoms with Crippen molar-refractivity contribution >= 4 is 0 Å². The van der Waals surface area contributed by atoms with E-state index in [-0.39, 0.29) is 119 Å². The predicted octanol–water partition coefficient (Wildman–Crippen LogP) is -0.295. The fraction of sp³-hybridized carbons (Fsp3) is 1.00. The average Bonchev–Trinajstić information content (AvgIpc) is 3.11. The van der Waals surface area contributed by atoms with Crippen LogP contribution in [0.15, 0.2) is 0 Å². The van der Waals surface area contributed by atoms with Crippen molar-refractivity contribution < 1.29 is 87.9 Å². The first-order valence-corrected chi connectivity index (χ1v) is 20.2. The van der Waals surface area contributed by atoms with Gasteiger partial charge in [-0.2, -0.15) is 0 Å². The maximum atomic E-state index is 9.81. The summed E-state index contributed by atoms with van der Waals surface area (Å²) in [4.78, 5) is 0. The van der Waals surface area contributed by atoms with Crippen molar-refractivity contribution in [3.05, 3.63) is 0 Å². The smallest absolute Gasteiger partial charge is 0.104 e. The molecule has 18 heteroatoms. The molecule has 0 saturated heterocycles. The summed E-state index contributed by atoms with van der Waals surface area (Å²) in [5, 5.41) is 68.1. The Labute approximate surface area is 340 Å². The van der Waals surface area contributed by atoms with Crippen LogP contribution in [-0.4, -0.2) is 222 Å². The van der Waals surface area contributed by atoms with Gasteiger partial charge in [0.05, 0.1) is 162 Å².